The number of urea groups is 1. The predicted octanol–water partition coefficient (Wildman–Crippen LogP) is 2.13. The molecule has 1 saturated carbocycles. The Morgan fingerprint density at radius 2 is 2.12 bits per heavy atom. The summed E-state index contributed by atoms with van der Waals surface area (Å²) in [6.45, 7) is 0.130. The summed E-state index contributed by atoms with van der Waals surface area (Å²) in [4.78, 5) is 13.5. The zero-order chi connectivity index (χ0) is 17.9. The molecule has 9 heteroatoms. The first-order valence-electron chi connectivity index (χ1n) is 7.95. The number of aromatic nitrogens is 2. The van der Waals surface area contributed by atoms with E-state index in [-0.39, 0.29) is 18.0 Å². The highest BCUT2D eigenvalue weighted by Gasteiger charge is 2.37. The summed E-state index contributed by atoms with van der Waals surface area (Å²) in [5, 5.41) is 15.8. The number of rotatable bonds is 4. The van der Waals surface area contributed by atoms with E-state index in [9.17, 15) is 23.1 Å². The molecule has 2 atom stereocenters. The van der Waals surface area contributed by atoms with Crippen LogP contribution in [0.5, 0.6) is 0 Å². The summed E-state index contributed by atoms with van der Waals surface area (Å²) >= 11 is 0. The minimum atomic E-state index is -4.56. The van der Waals surface area contributed by atoms with Gasteiger partial charge in [-0.3, -0.25) is 4.68 Å². The number of halogens is 3. The van der Waals surface area contributed by atoms with Gasteiger partial charge in [0.2, 0.25) is 0 Å². The van der Waals surface area contributed by atoms with Crippen molar-refractivity contribution in [1.29, 1.82) is 0 Å². The Balaban J connectivity index is 1.91. The molecule has 1 heterocycles. The first kappa shape index (κ1) is 18.6. The van der Waals surface area contributed by atoms with Crippen LogP contribution < -0.4 is 5.32 Å². The molecule has 1 aromatic heterocycles. The number of carbonyl (C=O) groups is 1. The lowest BCUT2D eigenvalue weighted by Gasteiger charge is -2.31. The summed E-state index contributed by atoms with van der Waals surface area (Å²) in [6.07, 6.45) is -0.168. The van der Waals surface area contributed by atoms with E-state index in [1.807, 2.05) is 0 Å². The summed E-state index contributed by atoms with van der Waals surface area (Å²) in [7, 11) is 2.97. The van der Waals surface area contributed by atoms with E-state index in [0.29, 0.717) is 6.54 Å². The van der Waals surface area contributed by atoms with Gasteiger partial charge in [0.25, 0.3) is 0 Å². The molecule has 6 nitrogen and oxygen atoms in total. The number of amides is 2. The lowest BCUT2D eigenvalue weighted by atomic mass is 9.86. The van der Waals surface area contributed by atoms with Crippen LogP contribution in [0, 0.1) is 5.92 Å². The molecule has 2 rings (SSSR count). The zero-order valence-corrected chi connectivity index (χ0v) is 13.8. The number of hydrogen-bond donors (Lipinski definition) is 2. The van der Waals surface area contributed by atoms with Crippen LogP contribution in [0.3, 0.4) is 0 Å². The monoisotopic (exact) mass is 348 g/mol. The molecular weight excluding hydrogens is 325 g/mol. The average Bonchev–Trinajstić information content (AvgIpc) is 2.88. The van der Waals surface area contributed by atoms with Crippen molar-refractivity contribution in [3.63, 3.8) is 0 Å². The average molecular weight is 348 g/mol. The Kier molecular flexibility index (Phi) is 5.74. The van der Waals surface area contributed by atoms with Crippen molar-refractivity contribution in [2.45, 2.75) is 44.5 Å². The Bertz CT molecular complexity index is 574. The summed E-state index contributed by atoms with van der Waals surface area (Å²) in [5.74, 6) is 0.0126. The van der Waals surface area contributed by atoms with E-state index in [0.717, 1.165) is 30.4 Å². The van der Waals surface area contributed by atoms with Crippen LogP contribution in [-0.2, 0) is 19.8 Å². The smallest absolute Gasteiger partial charge is 0.393 e. The normalized spacial score (nSPS) is 21.6. The van der Waals surface area contributed by atoms with Crippen molar-refractivity contribution in [1.82, 2.24) is 20.0 Å². The van der Waals surface area contributed by atoms with E-state index in [4.69, 9.17) is 0 Å². The standard InChI is InChI=1S/C15H23F3N4O2/c1-21(8-10-5-3-4-6-12(10)23)14(24)19-7-11-9-22(2)20-13(11)15(16,17)18/h9-10,12,23H,3-8H2,1-2H3,(H,19,24)/t10-,12-/m0/s1. The van der Waals surface area contributed by atoms with Gasteiger partial charge < -0.3 is 15.3 Å². The summed E-state index contributed by atoms with van der Waals surface area (Å²) in [5.41, 5.74) is -1.07. The maximum Gasteiger partial charge on any atom is 0.435 e. The third kappa shape index (κ3) is 4.62. The lowest BCUT2D eigenvalue weighted by molar-refractivity contribution is -0.142. The highest BCUT2D eigenvalue weighted by Crippen LogP contribution is 2.30. The van der Waals surface area contributed by atoms with Gasteiger partial charge in [-0.25, -0.2) is 4.79 Å². The molecule has 0 aliphatic heterocycles. The molecule has 2 N–H and O–H groups in total. The number of carbonyl (C=O) groups excluding carboxylic acids is 1. The molecule has 1 aliphatic rings. The number of nitrogens with zero attached hydrogens (tertiary/aromatic N) is 3. The third-order valence-electron chi connectivity index (χ3n) is 4.33. The molecule has 2 amide bonds. The number of alkyl halides is 3. The van der Waals surface area contributed by atoms with E-state index < -0.39 is 24.0 Å². The molecule has 0 aromatic carbocycles. The largest absolute Gasteiger partial charge is 0.435 e. The molecule has 0 radical (unpaired) electrons. The second-order valence-corrected chi connectivity index (χ2v) is 6.33. The maximum absolute atomic E-state index is 12.9. The lowest BCUT2D eigenvalue weighted by Crippen LogP contribution is -2.42. The van der Waals surface area contributed by atoms with Gasteiger partial charge in [-0.05, 0) is 12.8 Å². The Morgan fingerprint density at radius 1 is 1.46 bits per heavy atom. The van der Waals surface area contributed by atoms with Crippen molar-refractivity contribution in [3.05, 3.63) is 17.5 Å². The van der Waals surface area contributed by atoms with Crippen LogP contribution in [0.4, 0.5) is 18.0 Å². The van der Waals surface area contributed by atoms with Gasteiger partial charge >= 0.3 is 12.2 Å². The molecule has 0 spiro atoms. The number of nitrogens with one attached hydrogen (secondary N) is 1. The van der Waals surface area contributed by atoms with Gasteiger partial charge in [0.1, 0.15) is 0 Å². The highest BCUT2D eigenvalue weighted by molar-refractivity contribution is 5.73. The zero-order valence-electron chi connectivity index (χ0n) is 13.8. The van der Waals surface area contributed by atoms with E-state index >= 15 is 0 Å². The third-order valence-corrected chi connectivity index (χ3v) is 4.33. The van der Waals surface area contributed by atoms with Crippen molar-refractivity contribution in [3.8, 4) is 0 Å². The Morgan fingerprint density at radius 3 is 2.75 bits per heavy atom. The fourth-order valence-corrected chi connectivity index (χ4v) is 3.05. The van der Waals surface area contributed by atoms with Crippen molar-refractivity contribution >= 4 is 6.03 Å². The van der Waals surface area contributed by atoms with Crippen molar-refractivity contribution < 1.29 is 23.1 Å². The van der Waals surface area contributed by atoms with Crippen LogP contribution in [0.1, 0.15) is 36.9 Å². The van der Waals surface area contributed by atoms with Crippen LogP contribution in [0.25, 0.3) is 0 Å². The Labute approximate surface area is 138 Å². The van der Waals surface area contributed by atoms with Crippen LogP contribution in [-0.4, -0.2) is 45.5 Å². The molecule has 0 bridgehead atoms. The SMILES string of the molecule is CN(C[C@@H]1CCCC[C@@H]1O)C(=O)NCc1cn(C)nc1C(F)(F)F. The minimum Gasteiger partial charge on any atom is -0.393 e. The highest BCUT2D eigenvalue weighted by atomic mass is 19.4. The van der Waals surface area contributed by atoms with Gasteiger partial charge in [0.15, 0.2) is 5.69 Å². The molecule has 24 heavy (non-hydrogen) atoms. The number of aryl methyl sites for hydroxylation is 1. The molecule has 0 unspecified atom stereocenters. The number of aliphatic hydroxyl groups is 1. The first-order valence-corrected chi connectivity index (χ1v) is 7.95. The first-order chi connectivity index (χ1) is 11.2. The second kappa shape index (κ2) is 7.42. The van der Waals surface area contributed by atoms with Crippen LogP contribution in [0.2, 0.25) is 0 Å². The van der Waals surface area contributed by atoms with Gasteiger partial charge in [-0.15, -0.1) is 0 Å². The van der Waals surface area contributed by atoms with Gasteiger partial charge in [-0.2, -0.15) is 18.3 Å². The topological polar surface area (TPSA) is 70.4 Å². The summed E-state index contributed by atoms with van der Waals surface area (Å²) < 4.78 is 39.7. The quantitative estimate of drug-likeness (QED) is 0.876. The minimum absolute atomic E-state index is 0.0126. The van der Waals surface area contributed by atoms with Crippen molar-refractivity contribution in [2.24, 2.45) is 13.0 Å². The molecular formula is C15H23F3N4O2. The van der Waals surface area contributed by atoms with Gasteiger partial charge in [-0.1, -0.05) is 12.8 Å². The van der Waals surface area contributed by atoms with Crippen molar-refractivity contribution in [2.75, 3.05) is 13.6 Å². The van der Waals surface area contributed by atoms with Gasteiger partial charge in [0, 0.05) is 44.9 Å². The van der Waals surface area contributed by atoms with E-state index in [1.165, 1.54) is 18.1 Å². The van der Waals surface area contributed by atoms with Crippen LogP contribution >= 0.6 is 0 Å². The fraction of sp³-hybridized carbons (Fsp3) is 0.733. The molecule has 1 aliphatic carbocycles. The molecule has 0 saturated heterocycles. The maximum atomic E-state index is 12.9. The number of aliphatic hydroxyl groups excluding tert-OH is 1. The summed E-state index contributed by atoms with van der Waals surface area (Å²) in [6, 6.07) is -0.468. The Hall–Kier alpha value is -1.77. The molecule has 1 fully saturated rings. The van der Waals surface area contributed by atoms with Gasteiger partial charge in [0.05, 0.1) is 6.10 Å². The van der Waals surface area contributed by atoms with E-state index in [2.05, 4.69) is 10.4 Å². The molecule has 1 aromatic rings. The van der Waals surface area contributed by atoms with E-state index in [1.54, 1.807) is 7.05 Å². The fourth-order valence-electron chi connectivity index (χ4n) is 3.05. The molecule has 136 valence electrons. The number of hydrogen-bond acceptors (Lipinski definition) is 3. The predicted molar refractivity (Wildman–Crippen MR) is 81.0 cm³/mol. The second-order valence-electron chi connectivity index (χ2n) is 6.33. The van der Waals surface area contributed by atoms with Crippen LogP contribution in [0.15, 0.2) is 6.20 Å².